The van der Waals surface area contributed by atoms with Crippen LogP contribution in [0.25, 0.3) is 10.1 Å². The van der Waals surface area contributed by atoms with Crippen LogP contribution < -0.4 is 5.73 Å². The molecule has 0 saturated heterocycles. The van der Waals surface area contributed by atoms with Crippen LogP contribution in [0.4, 0.5) is 5.69 Å². The lowest BCUT2D eigenvalue weighted by Gasteiger charge is -1.94. The van der Waals surface area contributed by atoms with Crippen LogP contribution in [0, 0.1) is 0 Å². The molecule has 0 aliphatic carbocycles. The van der Waals surface area contributed by atoms with Crippen molar-refractivity contribution in [2.24, 2.45) is 0 Å². The van der Waals surface area contributed by atoms with Gasteiger partial charge in [-0.25, -0.2) is 0 Å². The smallest absolute Gasteiger partial charge is 0.0794 e. The molecule has 2 rings (SSSR count). The number of benzene rings is 1. The van der Waals surface area contributed by atoms with Crippen LogP contribution in [0.3, 0.4) is 0 Å². The summed E-state index contributed by atoms with van der Waals surface area (Å²) in [6, 6.07) is 3.58. The highest BCUT2D eigenvalue weighted by atomic mass is 35.5. The normalized spacial score (nSPS) is 10.6. The standard InChI is InChI=1S/C7H5ClN2S/c8-5-1-2-6(9)7-4(5)3-10-11-7/h1-3H,9H2. The van der Waals surface area contributed by atoms with Gasteiger partial charge in [0, 0.05) is 5.39 Å². The Balaban J connectivity index is 2.96. The minimum Gasteiger partial charge on any atom is -0.398 e. The minimum atomic E-state index is 0.711. The quantitative estimate of drug-likeness (QED) is 0.639. The molecule has 0 atom stereocenters. The van der Waals surface area contributed by atoms with Crippen molar-refractivity contribution in [1.29, 1.82) is 0 Å². The molecule has 2 nitrogen and oxygen atoms in total. The molecule has 0 radical (unpaired) electrons. The van der Waals surface area contributed by atoms with E-state index in [1.807, 2.05) is 0 Å². The second kappa shape index (κ2) is 2.36. The van der Waals surface area contributed by atoms with E-state index >= 15 is 0 Å². The van der Waals surface area contributed by atoms with Crippen LogP contribution in [-0.2, 0) is 0 Å². The summed E-state index contributed by atoms with van der Waals surface area (Å²) in [5.74, 6) is 0. The summed E-state index contributed by atoms with van der Waals surface area (Å²) in [5, 5.41) is 1.65. The van der Waals surface area contributed by atoms with Gasteiger partial charge in [-0.3, -0.25) is 0 Å². The zero-order valence-corrected chi connectivity index (χ0v) is 7.12. The van der Waals surface area contributed by atoms with E-state index in [0.717, 1.165) is 15.8 Å². The van der Waals surface area contributed by atoms with Gasteiger partial charge < -0.3 is 5.73 Å². The topological polar surface area (TPSA) is 38.9 Å². The van der Waals surface area contributed by atoms with Crippen LogP contribution in [0.15, 0.2) is 18.3 Å². The van der Waals surface area contributed by atoms with Gasteiger partial charge in [-0.2, -0.15) is 4.37 Å². The molecule has 0 unspecified atom stereocenters. The Morgan fingerprint density at radius 1 is 1.45 bits per heavy atom. The van der Waals surface area contributed by atoms with Crippen LogP contribution in [-0.4, -0.2) is 4.37 Å². The molecule has 0 saturated carbocycles. The number of hydrogen-bond donors (Lipinski definition) is 1. The average Bonchev–Trinajstić information content (AvgIpc) is 2.45. The Labute approximate surface area is 72.8 Å². The van der Waals surface area contributed by atoms with E-state index in [1.165, 1.54) is 11.5 Å². The molecule has 2 aromatic rings. The molecule has 0 amide bonds. The molecular formula is C7H5ClN2S. The summed E-state index contributed by atoms with van der Waals surface area (Å²) in [4.78, 5) is 0. The van der Waals surface area contributed by atoms with Crippen molar-refractivity contribution < 1.29 is 0 Å². The molecule has 1 aromatic heterocycles. The highest BCUT2D eigenvalue weighted by Crippen LogP contribution is 2.30. The van der Waals surface area contributed by atoms with Crippen LogP contribution in [0.5, 0.6) is 0 Å². The molecule has 1 heterocycles. The number of rotatable bonds is 0. The van der Waals surface area contributed by atoms with E-state index in [2.05, 4.69) is 4.37 Å². The van der Waals surface area contributed by atoms with Crippen molar-refractivity contribution in [2.45, 2.75) is 0 Å². The first kappa shape index (κ1) is 6.88. The maximum absolute atomic E-state index is 5.88. The first-order valence-electron chi connectivity index (χ1n) is 3.07. The second-order valence-corrected chi connectivity index (χ2v) is 3.41. The van der Waals surface area contributed by atoms with Gasteiger partial charge >= 0.3 is 0 Å². The fraction of sp³-hybridized carbons (Fsp3) is 0. The summed E-state index contributed by atoms with van der Waals surface area (Å²) >= 11 is 7.25. The van der Waals surface area contributed by atoms with Crippen molar-refractivity contribution in [3.05, 3.63) is 23.4 Å². The first-order valence-corrected chi connectivity index (χ1v) is 4.22. The fourth-order valence-corrected chi connectivity index (χ4v) is 1.91. The molecular weight excluding hydrogens is 180 g/mol. The Morgan fingerprint density at radius 2 is 2.27 bits per heavy atom. The number of fused-ring (bicyclic) bond motifs is 1. The SMILES string of the molecule is Nc1ccc(Cl)c2cnsc12. The third-order valence-electron chi connectivity index (χ3n) is 1.50. The molecule has 4 heteroatoms. The molecule has 11 heavy (non-hydrogen) atoms. The zero-order chi connectivity index (χ0) is 7.84. The molecule has 1 aromatic carbocycles. The van der Waals surface area contributed by atoms with Crippen molar-refractivity contribution in [1.82, 2.24) is 4.37 Å². The summed E-state index contributed by atoms with van der Waals surface area (Å²) in [5.41, 5.74) is 6.42. The monoisotopic (exact) mass is 184 g/mol. The summed E-state index contributed by atoms with van der Waals surface area (Å²) in [7, 11) is 0. The lowest BCUT2D eigenvalue weighted by molar-refractivity contribution is 1.61. The van der Waals surface area contributed by atoms with Gasteiger partial charge in [0.25, 0.3) is 0 Å². The fourth-order valence-electron chi connectivity index (χ4n) is 0.946. The number of aromatic nitrogens is 1. The lowest BCUT2D eigenvalue weighted by atomic mass is 10.2. The number of nitrogens with zero attached hydrogens (tertiary/aromatic N) is 1. The van der Waals surface area contributed by atoms with Crippen molar-refractivity contribution in [2.75, 3.05) is 5.73 Å². The van der Waals surface area contributed by atoms with E-state index in [1.54, 1.807) is 18.3 Å². The molecule has 0 bridgehead atoms. The minimum absolute atomic E-state index is 0.711. The van der Waals surface area contributed by atoms with Crippen molar-refractivity contribution >= 4 is 38.9 Å². The van der Waals surface area contributed by atoms with E-state index < -0.39 is 0 Å². The number of anilines is 1. The lowest BCUT2D eigenvalue weighted by Crippen LogP contribution is -1.82. The molecule has 0 aliphatic heterocycles. The maximum atomic E-state index is 5.88. The van der Waals surface area contributed by atoms with Gasteiger partial charge in [0.2, 0.25) is 0 Å². The number of nitrogens with two attached hydrogens (primary N) is 1. The Morgan fingerprint density at radius 3 is 3.00 bits per heavy atom. The Bertz CT molecular complexity index is 360. The molecule has 0 fully saturated rings. The van der Waals surface area contributed by atoms with Gasteiger partial charge in [-0.15, -0.1) is 0 Å². The maximum Gasteiger partial charge on any atom is 0.0794 e. The van der Waals surface area contributed by atoms with Crippen LogP contribution in [0.2, 0.25) is 5.02 Å². The van der Waals surface area contributed by atoms with Crippen LogP contribution in [0.1, 0.15) is 0 Å². The molecule has 0 spiro atoms. The predicted octanol–water partition coefficient (Wildman–Crippen LogP) is 2.53. The zero-order valence-electron chi connectivity index (χ0n) is 5.54. The van der Waals surface area contributed by atoms with Gasteiger partial charge in [-0.05, 0) is 23.7 Å². The summed E-state index contributed by atoms with van der Waals surface area (Å²) in [6.07, 6.45) is 1.73. The highest BCUT2D eigenvalue weighted by Gasteiger charge is 2.03. The highest BCUT2D eigenvalue weighted by molar-refractivity contribution is 7.14. The second-order valence-electron chi connectivity index (χ2n) is 2.21. The largest absolute Gasteiger partial charge is 0.398 e. The summed E-state index contributed by atoms with van der Waals surface area (Å²) in [6.45, 7) is 0. The van der Waals surface area contributed by atoms with E-state index in [9.17, 15) is 0 Å². The van der Waals surface area contributed by atoms with E-state index in [4.69, 9.17) is 17.3 Å². The van der Waals surface area contributed by atoms with Gasteiger partial charge in [0.15, 0.2) is 0 Å². The average molecular weight is 185 g/mol. The molecule has 2 N–H and O–H groups in total. The van der Waals surface area contributed by atoms with Gasteiger partial charge in [0.05, 0.1) is 21.6 Å². The Kier molecular flexibility index (Phi) is 1.47. The number of nitrogen functional groups attached to an aromatic ring is 1. The summed E-state index contributed by atoms with van der Waals surface area (Å²) < 4.78 is 4.97. The van der Waals surface area contributed by atoms with E-state index in [-0.39, 0.29) is 0 Å². The predicted molar refractivity (Wildman–Crippen MR) is 49.0 cm³/mol. The van der Waals surface area contributed by atoms with Crippen molar-refractivity contribution in [3.63, 3.8) is 0 Å². The van der Waals surface area contributed by atoms with Gasteiger partial charge in [-0.1, -0.05) is 11.6 Å². The molecule has 0 aliphatic rings. The third-order valence-corrected chi connectivity index (χ3v) is 2.68. The molecule has 56 valence electrons. The van der Waals surface area contributed by atoms with Crippen molar-refractivity contribution in [3.8, 4) is 0 Å². The third kappa shape index (κ3) is 0.968. The number of hydrogen-bond acceptors (Lipinski definition) is 3. The Hall–Kier alpha value is -0.800. The number of halogens is 1. The first-order chi connectivity index (χ1) is 5.29. The van der Waals surface area contributed by atoms with E-state index in [0.29, 0.717) is 5.02 Å². The van der Waals surface area contributed by atoms with Crippen LogP contribution >= 0.6 is 23.1 Å². The van der Waals surface area contributed by atoms with Gasteiger partial charge in [0.1, 0.15) is 0 Å².